The van der Waals surface area contributed by atoms with E-state index in [1.165, 1.54) is 43.4 Å². The van der Waals surface area contributed by atoms with Crippen molar-refractivity contribution in [3.8, 4) is 0 Å². The summed E-state index contributed by atoms with van der Waals surface area (Å²) in [6.45, 7) is 6.61. The molecule has 1 unspecified atom stereocenters. The fraction of sp³-hybridized carbons (Fsp3) is 0.643. The number of anilines is 1. The molecule has 0 radical (unpaired) electrons. The summed E-state index contributed by atoms with van der Waals surface area (Å²) in [4.78, 5) is 4.12. The highest BCUT2D eigenvalue weighted by Gasteiger charge is 2.07. The van der Waals surface area contributed by atoms with Crippen LogP contribution < -0.4 is 5.32 Å². The van der Waals surface area contributed by atoms with E-state index < -0.39 is 0 Å². The normalized spacial score (nSPS) is 12.4. The monoisotopic (exact) mass is 220 g/mol. The molecule has 16 heavy (non-hydrogen) atoms. The largest absolute Gasteiger partial charge is 0.382 e. The number of rotatable bonds is 7. The summed E-state index contributed by atoms with van der Waals surface area (Å²) in [6.07, 6.45) is 10.1. The van der Waals surface area contributed by atoms with Gasteiger partial charge in [-0.3, -0.25) is 4.98 Å². The zero-order valence-electron chi connectivity index (χ0n) is 10.8. The second-order valence-electron chi connectivity index (χ2n) is 4.46. The first kappa shape index (κ1) is 13.0. The van der Waals surface area contributed by atoms with E-state index in [0.717, 1.165) is 0 Å². The number of pyridine rings is 1. The molecule has 1 aromatic heterocycles. The fourth-order valence-electron chi connectivity index (χ4n) is 1.94. The van der Waals surface area contributed by atoms with Crippen molar-refractivity contribution < 1.29 is 0 Å². The number of unbranched alkanes of at least 4 members (excludes halogenated alkanes) is 1. The van der Waals surface area contributed by atoms with Gasteiger partial charge in [0.25, 0.3) is 0 Å². The molecule has 1 atom stereocenters. The Morgan fingerprint density at radius 3 is 2.69 bits per heavy atom. The van der Waals surface area contributed by atoms with Crippen molar-refractivity contribution in [2.45, 2.75) is 58.9 Å². The van der Waals surface area contributed by atoms with E-state index in [9.17, 15) is 0 Å². The average Bonchev–Trinajstić information content (AvgIpc) is 2.29. The molecule has 0 amide bonds. The van der Waals surface area contributed by atoms with Crippen LogP contribution in [0, 0.1) is 6.92 Å². The average molecular weight is 220 g/mol. The highest BCUT2D eigenvalue weighted by Crippen LogP contribution is 2.17. The molecule has 0 aliphatic heterocycles. The van der Waals surface area contributed by atoms with Gasteiger partial charge in [0.2, 0.25) is 0 Å². The molecule has 0 saturated heterocycles. The van der Waals surface area contributed by atoms with E-state index in [-0.39, 0.29) is 0 Å². The van der Waals surface area contributed by atoms with Crippen LogP contribution in [0.1, 0.15) is 51.5 Å². The quantitative estimate of drug-likeness (QED) is 0.746. The Labute approximate surface area is 99.5 Å². The summed E-state index contributed by atoms with van der Waals surface area (Å²) < 4.78 is 0. The summed E-state index contributed by atoms with van der Waals surface area (Å²) in [7, 11) is 0. The van der Waals surface area contributed by atoms with E-state index in [2.05, 4.69) is 37.1 Å². The molecule has 1 N–H and O–H groups in total. The van der Waals surface area contributed by atoms with Crippen LogP contribution in [-0.4, -0.2) is 11.0 Å². The molecule has 0 bridgehead atoms. The van der Waals surface area contributed by atoms with Gasteiger partial charge < -0.3 is 5.32 Å². The first-order chi connectivity index (χ1) is 7.77. The lowest BCUT2D eigenvalue weighted by Gasteiger charge is -2.20. The van der Waals surface area contributed by atoms with Gasteiger partial charge in [0.15, 0.2) is 0 Å². The van der Waals surface area contributed by atoms with Gasteiger partial charge in [-0.1, -0.05) is 33.1 Å². The van der Waals surface area contributed by atoms with Crippen molar-refractivity contribution in [3.63, 3.8) is 0 Å². The molecule has 0 aliphatic carbocycles. The maximum absolute atomic E-state index is 4.12. The second-order valence-corrected chi connectivity index (χ2v) is 4.46. The third kappa shape index (κ3) is 4.21. The molecule has 0 saturated carbocycles. The van der Waals surface area contributed by atoms with Crippen molar-refractivity contribution >= 4 is 5.69 Å². The Morgan fingerprint density at radius 1 is 1.25 bits per heavy atom. The summed E-state index contributed by atoms with van der Waals surface area (Å²) in [5, 5.41) is 3.64. The fourth-order valence-corrected chi connectivity index (χ4v) is 1.94. The Morgan fingerprint density at radius 2 is 2.06 bits per heavy atom. The number of hydrogen-bond donors (Lipinski definition) is 1. The Balaban J connectivity index is 2.56. The SMILES string of the molecule is CCCCC(CCC)Nc1ccncc1C. The number of aromatic nitrogens is 1. The Kier molecular flexibility index (Phi) is 5.91. The van der Waals surface area contributed by atoms with E-state index >= 15 is 0 Å². The smallest absolute Gasteiger partial charge is 0.0402 e. The van der Waals surface area contributed by atoms with Crippen LogP contribution in [0.2, 0.25) is 0 Å². The molecule has 0 aromatic carbocycles. The lowest BCUT2D eigenvalue weighted by atomic mass is 10.0. The minimum atomic E-state index is 0.617. The van der Waals surface area contributed by atoms with Gasteiger partial charge in [0.05, 0.1) is 0 Å². The lowest BCUT2D eigenvalue weighted by Crippen LogP contribution is -2.19. The van der Waals surface area contributed by atoms with Crippen molar-refractivity contribution in [3.05, 3.63) is 24.0 Å². The van der Waals surface area contributed by atoms with E-state index in [0.29, 0.717) is 6.04 Å². The van der Waals surface area contributed by atoms with Gasteiger partial charge in [0, 0.05) is 24.1 Å². The predicted molar refractivity (Wildman–Crippen MR) is 70.8 cm³/mol. The molecule has 2 nitrogen and oxygen atoms in total. The van der Waals surface area contributed by atoms with Gasteiger partial charge in [-0.15, -0.1) is 0 Å². The maximum Gasteiger partial charge on any atom is 0.0402 e. The van der Waals surface area contributed by atoms with Crippen LogP contribution in [0.4, 0.5) is 5.69 Å². The van der Waals surface area contributed by atoms with Gasteiger partial charge in [0.1, 0.15) is 0 Å². The first-order valence-electron chi connectivity index (χ1n) is 6.45. The van der Waals surface area contributed by atoms with Crippen LogP contribution in [0.25, 0.3) is 0 Å². The van der Waals surface area contributed by atoms with Gasteiger partial charge in [-0.05, 0) is 31.4 Å². The van der Waals surface area contributed by atoms with Crippen LogP contribution in [0.3, 0.4) is 0 Å². The lowest BCUT2D eigenvalue weighted by molar-refractivity contribution is 0.564. The number of hydrogen-bond acceptors (Lipinski definition) is 2. The van der Waals surface area contributed by atoms with E-state index in [4.69, 9.17) is 0 Å². The summed E-state index contributed by atoms with van der Waals surface area (Å²) in [6, 6.07) is 2.69. The third-order valence-electron chi connectivity index (χ3n) is 2.92. The van der Waals surface area contributed by atoms with Crippen LogP contribution in [-0.2, 0) is 0 Å². The van der Waals surface area contributed by atoms with Crippen LogP contribution in [0.15, 0.2) is 18.5 Å². The molecule has 90 valence electrons. The Hall–Kier alpha value is -1.05. The third-order valence-corrected chi connectivity index (χ3v) is 2.92. The predicted octanol–water partition coefficient (Wildman–Crippen LogP) is 4.16. The van der Waals surface area contributed by atoms with Crippen molar-refractivity contribution in [1.82, 2.24) is 4.98 Å². The minimum Gasteiger partial charge on any atom is -0.382 e. The molecular weight excluding hydrogens is 196 g/mol. The standard InChI is InChI=1S/C14H24N2/c1-4-6-8-13(7-5-2)16-14-9-10-15-11-12(14)3/h9-11,13H,4-8H2,1-3H3,(H,15,16). The molecule has 2 heteroatoms. The highest BCUT2D eigenvalue weighted by molar-refractivity contribution is 5.49. The molecule has 0 spiro atoms. The molecular formula is C14H24N2. The Bertz CT molecular complexity index is 297. The van der Waals surface area contributed by atoms with Crippen LogP contribution in [0.5, 0.6) is 0 Å². The van der Waals surface area contributed by atoms with Crippen molar-refractivity contribution in [2.75, 3.05) is 5.32 Å². The highest BCUT2D eigenvalue weighted by atomic mass is 14.9. The molecule has 0 fully saturated rings. The topological polar surface area (TPSA) is 24.9 Å². The second kappa shape index (κ2) is 7.26. The maximum atomic E-state index is 4.12. The zero-order chi connectivity index (χ0) is 11.8. The van der Waals surface area contributed by atoms with E-state index in [1.54, 1.807) is 0 Å². The molecule has 1 aromatic rings. The number of nitrogens with zero attached hydrogens (tertiary/aromatic N) is 1. The van der Waals surface area contributed by atoms with Gasteiger partial charge >= 0.3 is 0 Å². The zero-order valence-corrected chi connectivity index (χ0v) is 10.8. The first-order valence-corrected chi connectivity index (χ1v) is 6.45. The summed E-state index contributed by atoms with van der Waals surface area (Å²) >= 11 is 0. The van der Waals surface area contributed by atoms with Crippen molar-refractivity contribution in [2.24, 2.45) is 0 Å². The number of aryl methyl sites for hydroxylation is 1. The minimum absolute atomic E-state index is 0.617. The van der Waals surface area contributed by atoms with Crippen molar-refractivity contribution in [1.29, 1.82) is 0 Å². The number of nitrogens with one attached hydrogen (secondary N) is 1. The summed E-state index contributed by atoms with van der Waals surface area (Å²) in [5.74, 6) is 0. The summed E-state index contributed by atoms with van der Waals surface area (Å²) in [5.41, 5.74) is 2.48. The van der Waals surface area contributed by atoms with Crippen LogP contribution >= 0.6 is 0 Å². The van der Waals surface area contributed by atoms with Gasteiger partial charge in [-0.2, -0.15) is 0 Å². The molecule has 1 heterocycles. The van der Waals surface area contributed by atoms with E-state index in [1.807, 2.05) is 12.4 Å². The van der Waals surface area contributed by atoms with Gasteiger partial charge in [-0.25, -0.2) is 0 Å². The molecule has 1 rings (SSSR count). The molecule has 0 aliphatic rings.